The van der Waals surface area contributed by atoms with Crippen LogP contribution in [0.5, 0.6) is 5.75 Å². The Bertz CT molecular complexity index is 649. The van der Waals surface area contributed by atoms with E-state index in [1.165, 1.54) is 11.3 Å². The third kappa shape index (κ3) is 2.87. The Kier molecular flexibility index (Phi) is 4.20. The lowest BCUT2D eigenvalue weighted by atomic mass is 10.2. The number of ether oxygens (including phenoxy) is 1. The molecule has 6 heteroatoms. The fourth-order valence-electron chi connectivity index (χ4n) is 2.66. The molecule has 1 aliphatic rings. The summed E-state index contributed by atoms with van der Waals surface area (Å²) in [6.45, 7) is 3.00. The van der Waals surface area contributed by atoms with Gasteiger partial charge < -0.3 is 20.3 Å². The summed E-state index contributed by atoms with van der Waals surface area (Å²) in [5.74, 6) is 0.900. The number of anilines is 2. The molecule has 0 bridgehead atoms. The van der Waals surface area contributed by atoms with E-state index < -0.39 is 0 Å². The van der Waals surface area contributed by atoms with Crippen molar-refractivity contribution in [3.8, 4) is 5.75 Å². The summed E-state index contributed by atoms with van der Waals surface area (Å²) in [5.41, 5.74) is 7.51. The minimum absolute atomic E-state index is 0.124. The quantitative estimate of drug-likeness (QED) is 0.883. The molecule has 116 valence electrons. The van der Waals surface area contributed by atoms with E-state index in [9.17, 15) is 4.79 Å². The lowest BCUT2D eigenvalue weighted by Gasteiger charge is -2.36. The molecule has 1 fully saturated rings. The zero-order valence-electron chi connectivity index (χ0n) is 12.5. The van der Waals surface area contributed by atoms with Crippen molar-refractivity contribution >= 4 is 28.6 Å². The van der Waals surface area contributed by atoms with E-state index in [1.807, 2.05) is 40.6 Å². The van der Waals surface area contributed by atoms with Gasteiger partial charge in [0.05, 0.1) is 17.7 Å². The van der Waals surface area contributed by atoms with Crippen LogP contribution in [0.1, 0.15) is 9.67 Å². The molecule has 0 radical (unpaired) electrons. The van der Waals surface area contributed by atoms with E-state index >= 15 is 0 Å². The summed E-state index contributed by atoms with van der Waals surface area (Å²) in [4.78, 5) is 17.3. The van der Waals surface area contributed by atoms with Crippen molar-refractivity contribution in [2.75, 3.05) is 43.9 Å². The first-order chi connectivity index (χ1) is 10.7. The summed E-state index contributed by atoms with van der Waals surface area (Å²) < 4.78 is 5.41. The van der Waals surface area contributed by atoms with Gasteiger partial charge in [-0.15, -0.1) is 11.3 Å². The lowest BCUT2D eigenvalue weighted by molar-refractivity contribution is 0.0751. The summed E-state index contributed by atoms with van der Waals surface area (Å²) in [7, 11) is 1.65. The summed E-state index contributed by atoms with van der Waals surface area (Å²) in [5, 5.41) is 1.93. The SMILES string of the molecule is COc1cc(N)ccc1N1CCN(C(=O)c2cccs2)CC1. The molecule has 0 aliphatic carbocycles. The summed E-state index contributed by atoms with van der Waals surface area (Å²) >= 11 is 1.49. The van der Waals surface area contributed by atoms with Crippen molar-refractivity contribution in [1.82, 2.24) is 4.90 Å². The van der Waals surface area contributed by atoms with Crippen molar-refractivity contribution in [3.05, 3.63) is 40.6 Å². The molecule has 0 saturated carbocycles. The number of nitrogens with two attached hydrogens (primary N) is 1. The normalized spacial score (nSPS) is 15.0. The Hall–Kier alpha value is -2.21. The highest BCUT2D eigenvalue weighted by atomic mass is 32.1. The molecule has 22 heavy (non-hydrogen) atoms. The number of amides is 1. The van der Waals surface area contributed by atoms with Gasteiger partial charge in [0.1, 0.15) is 5.75 Å². The third-order valence-corrected chi connectivity index (χ3v) is 4.70. The molecule has 5 nitrogen and oxygen atoms in total. The molecule has 1 aliphatic heterocycles. The predicted octanol–water partition coefficient (Wildman–Crippen LogP) is 2.30. The Balaban J connectivity index is 1.68. The first-order valence-corrected chi connectivity index (χ1v) is 8.08. The molecule has 0 spiro atoms. The van der Waals surface area contributed by atoms with Gasteiger partial charge in [-0.25, -0.2) is 0 Å². The van der Waals surface area contributed by atoms with Crippen LogP contribution in [0, 0.1) is 0 Å². The smallest absolute Gasteiger partial charge is 0.264 e. The van der Waals surface area contributed by atoms with Crippen LogP contribution in [0.2, 0.25) is 0 Å². The Morgan fingerprint density at radius 2 is 2.00 bits per heavy atom. The molecule has 2 aromatic rings. The van der Waals surface area contributed by atoms with Crippen LogP contribution in [0.15, 0.2) is 35.7 Å². The average molecular weight is 317 g/mol. The standard InChI is InChI=1S/C16H19N3O2S/c1-21-14-11-12(17)4-5-13(14)18-6-8-19(9-7-18)16(20)15-3-2-10-22-15/h2-5,10-11H,6-9,17H2,1H3. The average Bonchev–Trinajstić information content (AvgIpc) is 3.08. The van der Waals surface area contributed by atoms with Crippen LogP contribution < -0.4 is 15.4 Å². The first-order valence-electron chi connectivity index (χ1n) is 7.20. The van der Waals surface area contributed by atoms with Crippen LogP contribution in [-0.2, 0) is 0 Å². The van der Waals surface area contributed by atoms with Gasteiger partial charge in [0, 0.05) is 37.9 Å². The minimum Gasteiger partial charge on any atom is -0.495 e. The van der Waals surface area contributed by atoms with Crippen LogP contribution >= 0.6 is 11.3 Å². The highest BCUT2D eigenvalue weighted by Crippen LogP contribution is 2.31. The molecule has 2 N–H and O–H groups in total. The van der Waals surface area contributed by atoms with Crippen molar-refractivity contribution in [3.63, 3.8) is 0 Å². The molecule has 1 aromatic heterocycles. The fraction of sp³-hybridized carbons (Fsp3) is 0.312. The van der Waals surface area contributed by atoms with Crippen molar-refractivity contribution in [2.24, 2.45) is 0 Å². The van der Waals surface area contributed by atoms with Gasteiger partial charge in [0.25, 0.3) is 5.91 Å². The number of carbonyl (C=O) groups is 1. The molecule has 1 amide bonds. The number of nitrogens with zero attached hydrogens (tertiary/aromatic N) is 2. The molecular formula is C16H19N3O2S. The van der Waals surface area contributed by atoms with Crippen molar-refractivity contribution in [2.45, 2.75) is 0 Å². The minimum atomic E-state index is 0.124. The number of nitrogen functional groups attached to an aromatic ring is 1. The number of methoxy groups -OCH3 is 1. The highest BCUT2D eigenvalue weighted by molar-refractivity contribution is 7.12. The maximum Gasteiger partial charge on any atom is 0.264 e. The largest absolute Gasteiger partial charge is 0.495 e. The Morgan fingerprint density at radius 1 is 1.23 bits per heavy atom. The second kappa shape index (κ2) is 6.27. The zero-order valence-corrected chi connectivity index (χ0v) is 13.3. The number of rotatable bonds is 3. The van der Waals surface area contributed by atoms with Crippen molar-refractivity contribution < 1.29 is 9.53 Å². The van der Waals surface area contributed by atoms with Gasteiger partial charge in [0.15, 0.2) is 0 Å². The number of hydrogen-bond acceptors (Lipinski definition) is 5. The van der Waals surface area contributed by atoms with Gasteiger partial charge in [-0.05, 0) is 23.6 Å². The fourth-order valence-corrected chi connectivity index (χ4v) is 3.35. The molecule has 3 rings (SSSR count). The second-order valence-electron chi connectivity index (χ2n) is 5.19. The van der Waals surface area contributed by atoms with E-state index in [-0.39, 0.29) is 5.91 Å². The molecular weight excluding hydrogens is 298 g/mol. The van der Waals surface area contributed by atoms with Gasteiger partial charge in [-0.1, -0.05) is 6.07 Å². The van der Waals surface area contributed by atoms with Gasteiger partial charge >= 0.3 is 0 Å². The van der Waals surface area contributed by atoms with E-state index in [0.717, 1.165) is 29.4 Å². The van der Waals surface area contributed by atoms with Crippen LogP contribution in [-0.4, -0.2) is 44.1 Å². The van der Waals surface area contributed by atoms with Crippen LogP contribution in [0.25, 0.3) is 0 Å². The summed E-state index contributed by atoms with van der Waals surface area (Å²) in [6, 6.07) is 9.47. The number of thiophene rings is 1. The topological polar surface area (TPSA) is 58.8 Å². The highest BCUT2D eigenvalue weighted by Gasteiger charge is 2.24. The monoisotopic (exact) mass is 317 g/mol. The predicted molar refractivity (Wildman–Crippen MR) is 89.8 cm³/mol. The van der Waals surface area contributed by atoms with E-state index in [1.54, 1.807) is 7.11 Å². The lowest BCUT2D eigenvalue weighted by Crippen LogP contribution is -2.48. The first kappa shape index (κ1) is 14.7. The molecule has 2 heterocycles. The molecule has 0 atom stereocenters. The third-order valence-electron chi connectivity index (χ3n) is 3.84. The van der Waals surface area contributed by atoms with Crippen LogP contribution in [0.4, 0.5) is 11.4 Å². The van der Waals surface area contributed by atoms with Crippen molar-refractivity contribution in [1.29, 1.82) is 0 Å². The van der Waals surface area contributed by atoms with Gasteiger partial charge in [0.2, 0.25) is 0 Å². The van der Waals surface area contributed by atoms with Gasteiger partial charge in [-0.3, -0.25) is 4.79 Å². The molecule has 0 unspecified atom stereocenters. The Labute approximate surface area is 133 Å². The maximum atomic E-state index is 12.3. The Morgan fingerprint density at radius 3 is 2.64 bits per heavy atom. The molecule has 1 saturated heterocycles. The summed E-state index contributed by atoms with van der Waals surface area (Å²) in [6.07, 6.45) is 0. The van der Waals surface area contributed by atoms with E-state index in [4.69, 9.17) is 10.5 Å². The number of piperazine rings is 1. The van der Waals surface area contributed by atoms with Crippen LogP contribution in [0.3, 0.4) is 0 Å². The second-order valence-corrected chi connectivity index (χ2v) is 6.14. The molecule has 1 aromatic carbocycles. The van der Waals surface area contributed by atoms with Gasteiger partial charge in [-0.2, -0.15) is 0 Å². The number of carbonyl (C=O) groups excluding carboxylic acids is 1. The number of benzene rings is 1. The number of hydrogen-bond donors (Lipinski definition) is 1. The maximum absolute atomic E-state index is 12.3. The zero-order chi connectivity index (χ0) is 15.5. The van der Waals surface area contributed by atoms with E-state index in [2.05, 4.69) is 4.90 Å². The van der Waals surface area contributed by atoms with E-state index in [0.29, 0.717) is 18.8 Å².